The van der Waals surface area contributed by atoms with Gasteiger partial charge in [0.1, 0.15) is 0 Å². The third kappa shape index (κ3) is 59.1. The highest BCUT2D eigenvalue weighted by molar-refractivity contribution is 5.76. The summed E-state index contributed by atoms with van der Waals surface area (Å²) in [4.78, 5) is 24.5. The molecule has 0 aromatic heterocycles. The van der Waals surface area contributed by atoms with Crippen LogP contribution in [0.1, 0.15) is 348 Å². The van der Waals surface area contributed by atoms with E-state index in [0.717, 1.165) is 51.4 Å². The minimum absolute atomic E-state index is 0.00150. The second kappa shape index (κ2) is 63.4. The Labute approximate surface area is 461 Å². The van der Waals surface area contributed by atoms with E-state index in [4.69, 9.17) is 4.74 Å². The highest BCUT2D eigenvalue weighted by Crippen LogP contribution is 2.17. The number of carbonyl (C=O) groups is 2. The van der Waals surface area contributed by atoms with Crippen molar-refractivity contribution in [3.05, 3.63) is 48.6 Å². The molecule has 0 bridgehead atoms. The molecule has 6 heteroatoms. The number of allylic oxidation sites excluding steroid dienone is 7. The van der Waals surface area contributed by atoms with E-state index < -0.39 is 12.1 Å². The monoisotopic (exact) mass is 1040 g/mol. The predicted molar refractivity (Wildman–Crippen MR) is 324 cm³/mol. The topological polar surface area (TPSA) is 95.9 Å². The first kappa shape index (κ1) is 71.8. The molecule has 0 rings (SSSR count). The van der Waals surface area contributed by atoms with Crippen molar-refractivity contribution in [2.24, 2.45) is 0 Å². The average molecular weight is 1040 g/mol. The molecule has 2 unspecified atom stereocenters. The van der Waals surface area contributed by atoms with Crippen LogP contribution in [0.5, 0.6) is 0 Å². The van der Waals surface area contributed by atoms with Crippen molar-refractivity contribution in [3.63, 3.8) is 0 Å². The first-order chi connectivity index (χ1) is 36.5. The summed E-state index contributed by atoms with van der Waals surface area (Å²) in [5.41, 5.74) is 0. The Hall–Kier alpha value is -2.18. The Bertz CT molecular complexity index is 1240. The second-order valence-corrected chi connectivity index (χ2v) is 22.4. The van der Waals surface area contributed by atoms with Crippen LogP contribution in [0.25, 0.3) is 0 Å². The lowest BCUT2D eigenvalue weighted by Gasteiger charge is -2.20. The van der Waals surface area contributed by atoms with Gasteiger partial charge in [-0.2, -0.15) is 0 Å². The van der Waals surface area contributed by atoms with Gasteiger partial charge in [0.05, 0.1) is 25.4 Å². The van der Waals surface area contributed by atoms with Crippen molar-refractivity contribution < 1.29 is 24.5 Å². The lowest BCUT2D eigenvalue weighted by Crippen LogP contribution is -2.45. The van der Waals surface area contributed by atoms with Gasteiger partial charge in [0.2, 0.25) is 5.91 Å². The molecule has 74 heavy (non-hydrogen) atoms. The summed E-state index contributed by atoms with van der Waals surface area (Å²) in [5.74, 6) is -0.0646. The minimum Gasteiger partial charge on any atom is -0.466 e. The summed E-state index contributed by atoms with van der Waals surface area (Å²) >= 11 is 0. The molecular formula is C68H127NO5. The van der Waals surface area contributed by atoms with Crippen LogP contribution in [-0.4, -0.2) is 47.4 Å². The average Bonchev–Trinajstić information content (AvgIpc) is 3.40. The zero-order valence-electron chi connectivity index (χ0n) is 49.6. The van der Waals surface area contributed by atoms with E-state index in [1.165, 1.54) is 270 Å². The normalized spacial score (nSPS) is 12.9. The van der Waals surface area contributed by atoms with Gasteiger partial charge in [0.15, 0.2) is 0 Å². The number of nitrogens with one attached hydrogen (secondary N) is 1. The fourth-order valence-corrected chi connectivity index (χ4v) is 10.00. The molecule has 0 aliphatic carbocycles. The summed E-state index contributed by atoms with van der Waals surface area (Å²) in [6.45, 7) is 4.87. The molecule has 2 atom stereocenters. The molecule has 0 spiro atoms. The number of hydrogen-bond donors (Lipinski definition) is 3. The van der Waals surface area contributed by atoms with Crippen molar-refractivity contribution in [2.45, 2.75) is 360 Å². The van der Waals surface area contributed by atoms with Crippen molar-refractivity contribution >= 4 is 11.9 Å². The third-order valence-corrected chi connectivity index (χ3v) is 15.1. The third-order valence-electron chi connectivity index (χ3n) is 15.1. The molecular weight excluding hydrogens is 911 g/mol. The van der Waals surface area contributed by atoms with Gasteiger partial charge in [0, 0.05) is 12.8 Å². The van der Waals surface area contributed by atoms with E-state index in [-0.39, 0.29) is 18.5 Å². The minimum atomic E-state index is -0.844. The molecule has 0 saturated carbocycles. The summed E-state index contributed by atoms with van der Waals surface area (Å²) in [6.07, 6.45) is 81.8. The van der Waals surface area contributed by atoms with Crippen LogP contribution in [0.4, 0.5) is 0 Å². The van der Waals surface area contributed by atoms with Crippen LogP contribution in [0.3, 0.4) is 0 Å². The maximum absolute atomic E-state index is 12.5. The molecule has 1 amide bonds. The van der Waals surface area contributed by atoms with Crippen LogP contribution in [0, 0.1) is 0 Å². The maximum atomic E-state index is 12.5. The van der Waals surface area contributed by atoms with Crippen LogP contribution < -0.4 is 5.32 Å². The number of hydrogen-bond acceptors (Lipinski definition) is 5. The molecule has 0 fully saturated rings. The van der Waals surface area contributed by atoms with E-state index >= 15 is 0 Å². The van der Waals surface area contributed by atoms with Crippen molar-refractivity contribution in [3.8, 4) is 0 Å². The van der Waals surface area contributed by atoms with Gasteiger partial charge in [0.25, 0.3) is 0 Å². The van der Waals surface area contributed by atoms with Gasteiger partial charge in [-0.15, -0.1) is 0 Å². The molecule has 0 aromatic rings. The number of aliphatic hydroxyl groups is 2. The first-order valence-electron chi connectivity index (χ1n) is 32.9. The maximum Gasteiger partial charge on any atom is 0.305 e. The molecule has 0 aliphatic heterocycles. The predicted octanol–water partition coefficient (Wildman–Crippen LogP) is 20.9. The van der Waals surface area contributed by atoms with E-state index in [1.54, 1.807) is 6.08 Å². The fraction of sp³-hybridized carbons (Fsp3) is 0.853. The molecule has 434 valence electrons. The SMILES string of the molecule is CCCC/C=C\CCCCCCCC(=O)OCCCCCCCCCCC/C=C\C/C=C\CCCCCCCCCCCCCCCCCC(=O)NC(CO)C(O)/C=C/CCCCCCCCCCCCCCC. The number of carbonyl (C=O) groups excluding carboxylic acids is 2. The molecule has 6 nitrogen and oxygen atoms in total. The van der Waals surface area contributed by atoms with Crippen LogP contribution in [0.15, 0.2) is 48.6 Å². The summed E-state index contributed by atoms with van der Waals surface area (Å²) in [5, 5.41) is 23.1. The largest absolute Gasteiger partial charge is 0.466 e. The Balaban J connectivity index is 3.42. The number of amides is 1. The molecule has 3 N–H and O–H groups in total. The fourth-order valence-electron chi connectivity index (χ4n) is 10.00. The first-order valence-corrected chi connectivity index (χ1v) is 32.9. The van der Waals surface area contributed by atoms with Crippen molar-refractivity contribution in [2.75, 3.05) is 13.2 Å². The van der Waals surface area contributed by atoms with Gasteiger partial charge in [-0.25, -0.2) is 0 Å². The van der Waals surface area contributed by atoms with Crippen molar-refractivity contribution in [1.82, 2.24) is 5.32 Å². The van der Waals surface area contributed by atoms with E-state index in [0.29, 0.717) is 19.4 Å². The van der Waals surface area contributed by atoms with Gasteiger partial charge < -0.3 is 20.3 Å². The zero-order valence-corrected chi connectivity index (χ0v) is 49.6. The summed E-state index contributed by atoms with van der Waals surface area (Å²) in [7, 11) is 0. The number of unbranched alkanes of at least 4 members (excludes halogenated alkanes) is 44. The van der Waals surface area contributed by atoms with Crippen LogP contribution in [0.2, 0.25) is 0 Å². The molecule has 0 saturated heterocycles. The molecule has 0 heterocycles. The Morgan fingerprint density at radius 3 is 1.08 bits per heavy atom. The van der Waals surface area contributed by atoms with E-state index in [1.807, 2.05) is 6.08 Å². The van der Waals surface area contributed by atoms with Gasteiger partial charge in [-0.1, -0.05) is 300 Å². The van der Waals surface area contributed by atoms with E-state index in [9.17, 15) is 19.8 Å². The zero-order chi connectivity index (χ0) is 53.6. The molecule has 0 aromatic carbocycles. The highest BCUT2D eigenvalue weighted by Gasteiger charge is 2.18. The lowest BCUT2D eigenvalue weighted by molar-refractivity contribution is -0.143. The number of aliphatic hydroxyl groups excluding tert-OH is 2. The summed E-state index contributed by atoms with van der Waals surface area (Å²) < 4.78 is 5.46. The van der Waals surface area contributed by atoms with E-state index in [2.05, 4.69) is 55.6 Å². The number of rotatable bonds is 61. The Morgan fingerprint density at radius 1 is 0.378 bits per heavy atom. The van der Waals surface area contributed by atoms with Crippen LogP contribution in [-0.2, 0) is 14.3 Å². The Kier molecular flexibility index (Phi) is 61.5. The van der Waals surface area contributed by atoms with Crippen molar-refractivity contribution in [1.29, 1.82) is 0 Å². The Morgan fingerprint density at radius 2 is 0.689 bits per heavy atom. The second-order valence-electron chi connectivity index (χ2n) is 22.4. The smallest absolute Gasteiger partial charge is 0.305 e. The lowest BCUT2D eigenvalue weighted by atomic mass is 10.0. The molecule has 0 aliphatic rings. The van der Waals surface area contributed by atoms with Gasteiger partial charge >= 0.3 is 5.97 Å². The quantitative estimate of drug-likeness (QED) is 0.0320. The van der Waals surface area contributed by atoms with Gasteiger partial charge in [-0.05, 0) is 83.5 Å². The molecule has 0 radical (unpaired) electrons. The van der Waals surface area contributed by atoms with Crippen LogP contribution >= 0.6 is 0 Å². The standard InChI is InChI=1S/C68H127NO5/c1-3-5-7-9-11-13-15-16-34-37-41-44-48-52-56-60-66(71)65(64-70)69-67(72)61-57-53-49-45-42-38-35-32-30-28-26-24-22-20-18-17-19-21-23-25-27-29-31-33-36-39-43-47-51-55-59-63-74-68(73)62-58-54-50-46-40-14-12-10-8-6-4-2/h10,12,19,21,25,27,56,60,65-66,70-71H,3-9,11,13-18,20,22-24,26,28-55,57-59,61-64H2,1-2H3,(H,69,72)/b12-10-,21-19-,27-25-,60-56+. The summed E-state index contributed by atoms with van der Waals surface area (Å²) in [6, 6.07) is -0.628. The number of esters is 1. The van der Waals surface area contributed by atoms with Gasteiger partial charge in [-0.3, -0.25) is 9.59 Å². The highest BCUT2D eigenvalue weighted by atomic mass is 16.5. The number of ether oxygens (including phenoxy) is 1.